The summed E-state index contributed by atoms with van der Waals surface area (Å²) in [5.41, 5.74) is 3.59. The minimum absolute atomic E-state index is 0.293. The summed E-state index contributed by atoms with van der Waals surface area (Å²) >= 11 is 0. The molecule has 0 bridgehead atoms. The first-order valence-electron chi connectivity index (χ1n) is 6.62. The second-order valence-electron chi connectivity index (χ2n) is 4.80. The summed E-state index contributed by atoms with van der Waals surface area (Å²) in [6, 6.07) is 9.68. The molecule has 0 spiro atoms. The van der Waals surface area contributed by atoms with Gasteiger partial charge in [-0.2, -0.15) is 5.10 Å². The Balaban J connectivity index is 1.69. The Morgan fingerprint density at radius 2 is 2.00 bits per heavy atom. The fourth-order valence-electron chi connectivity index (χ4n) is 2.44. The van der Waals surface area contributed by atoms with Crippen molar-refractivity contribution in [3.05, 3.63) is 52.8 Å². The van der Waals surface area contributed by atoms with Gasteiger partial charge in [0.05, 0.1) is 0 Å². The molecular formula is C15H16N2O2. The Hall–Kier alpha value is -2.10. The van der Waals surface area contributed by atoms with E-state index in [1.165, 1.54) is 0 Å². The number of carbonyl (C=O) groups excluding carboxylic acids is 1. The van der Waals surface area contributed by atoms with Crippen molar-refractivity contribution >= 4 is 5.97 Å². The number of carbonyl (C=O) groups is 1. The van der Waals surface area contributed by atoms with Gasteiger partial charge in [0.1, 0.15) is 6.61 Å². The molecule has 4 nitrogen and oxygen atoms in total. The van der Waals surface area contributed by atoms with Crippen molar-refractivity contribution < 1.29 is 9.53 Å². The lowest BCUT2D eigenvalue weighted by Crippen LogP contribution is -2.10. The molecule has 0 fully saturated rings. The van der Waals surface area contributed by atoms with E-state index in [0.29, 0.717) is 12.3 Å². The van der Waals surface area contributed by atoms with E-state index in [9.17, 15) is 4.79 Å². The zero-order valence-corrected chi connectivity index (χ0v) is 10.7. The van der Waals surface area contributed by atoms with Crippen LogP contribution in [-0.4, -0.2) is 16.2 Å². The summed E-state index contributed by atoms with van der Waals surface area (Å²) in [6.45, 7) is 0.293. The average Bonchev–Trinajstić information content (AvgIpc) is 2.90. The zero-order valence-electron chi connectivity index (χ0n) is 10.7. The highest BCUT2D eigenvalue weighted by molar-refractivity contribution is 5.89. The van der Waals surface area contributed by atoms with E-state index in [0.717, 1.165) is 42.5 Å². The van der Waals surface area contributed by atoms with Gasteiger partial charge in [-0.05, 0) is 31.2 Å². The van der Waals surface area contributed by atoms with Gasteiger partial charge in [0.25, 0.3) is 0 Å². The third kappa shape index (κ3) is 2.52. The second-order valence-corrected chi connectivity index (χ2v) is 4.80. The zero-order chi connectivity index (χ0) is 13.1. The molecule has 0 saturated carbocycles. The number of aryl methyl sites for hydroxylation is 1. The molecule has 0 amide bonds. The van der Waals surface area contributed by atoms with Crippen LogP contribution in [0.2, 0.25) is 0 Å². The van der Waals surface area contributed by atoms with Crippen LogP contribution in [0.3, 0.4) is 0 Å². The van der Waals surface area contributed by atoms with Crippen LogP contribution in [0.15, 0.2) is 30.3 Å². The van der Waals surface area contributed by atoms with Crippen LogP contribution in [-0.2, 0) is 24.2 Å². The molecule has 1 aliphatic carbocycles. The molecule has 1 aromatic carbocycles. The smallest absolute Gasteiger partial charge is 0.359 e. The van der Waals surface area contributed by atoms with Gasteiger partial charge in [-0.15, -0.1) is 0 Å². The van der Waals surface area contributed by atoms with Crippen LogP contribution in [0.25, 0.3) is 0 Å². The van der Waals surface area contributed by atoms with Gasteiger partial charge in [-0.3, -0.25) is 5.10 Å². The number of aromatic nitrogens is 2. The van der Waals surface area contributed by atoms with E-state index >= 15 is 0 Å². The number of fused-ring (bicyclic) bond motifs is 1. The number of hydrogen-bond acceptors (Lipinski definition) is 3. The number of nitrogens with one attached hydrogen (secondary N) is 1. The normalized spacial score (nSPS) is 13.9. The summed E-state index contributed by atoms with van der Waals surface area (Å²) < 4.78 is 5.32. The average molecular weight is 256 g/mol. The highest BCUT2D eigenvalue weighted by Gasteiger charge is 2.22. The standard InChI is InChI=1S/C15H16N2O2/c18-15(19-10-11-6-2-1-3-7-11)14-12-8-4-5-9-13(12)16-17-14/h1-3,6-7H,4-5,8-10H2,(H,16,17). The van der Waals surface area contributed by atoms with Crippen LogP contribution in [0.1, 0.15) is 40.2 Å². The van der Waals surface area contributed by atoms with Crippen molar-refractivity contribution in [3.63, 3.8) is 0 Å². The number of nitrogens with zero attached hydrogens (tertiary/aromatic N) is 1. The first-order chi connectivity index (χ1) is 9.34. The maximum absolute atomic E-state index is 12.0. The fraction of sp³-hybridized carbons (Fsp3) is 0.333. The Morgan fingerprint density at radius 3 is 2.84 bits per heavy atom. The van der Waals surface area contributed by atoms with Gasteiger partial charge in [0.2, 0.25) is 0 Å². The number of benzene rings is 1. The predicted octanol–water partition coefficient (Wildman–Crippen LogP) is 2.65. The van der Waals surface area contributed by atoms with Crippen molar-refractivity contribution in [2.24, 2.45) is 0 Å². The summed E-state index contributed by atoms with van der Waals surface area (Å²) in [5, 5.41) is 7.06. The minimum Gasteiger partial charge on any atom is -0.456 e. The SMILES string of the molecule is O=C(OCc1ccccc1)c1n[nH]c2c1CCCC2. The molecule has 98 valence electrons. The van der Waals surface area contributed by atoms with Crippen LogP contribution in [0, 0.1) is 0 Å². The third-order valence-electron chi connectivity index (χ3n) is 3.46. The molecule has 4 heteroatoms. The summed E-state index contributed by atoms with van der Waals surface area (Å²) in [5.74, 6) is -0.330. The maximum atomic E-state index is 12.0. The van der Waals surface area contributed by atoms with E-state index in [1.54, 1.807) is 0 Å². The van der Waals surface area contributed by atoms with Crippen LogP contribution < -0.4 is 0 Å². The first-order valence-corrected chi connectivity index (χ1v) is 6.62. The molecular weight excluding hydrogens is 240 g/mol. The molecule has 0 radical (unpaired) electrons. The molecule has 1 heterocycles. The van der Waals surface area contributed by atoms with Crippen molar-refractivity contribution in [3.8, 4) is 0 Å². The summed E-state index contributed by atoms with van der Waals surface area (Å²) in [7, 11) is 0. The van der Waals surface area contributed by atoms with Crippen molar-refractivity contribution in [2.75, 3.05) is 0 Å². The largest absolute Gasteiger partial charge is 0.456 e. The molecule has 0 saturated heterocycles. The Kier molecular flexibility index (Phi) is 3.31. The number of esters is 1. The molecule has 3 rings (SSSR count). The van der Waals surface area contributed by atoms with Crippen molar-refractivity contribution in [1.29, 1.82) is 0 Å². The molecule has 1 N–H and O–H groups in total. The van der Waals surface area contributed by atoms with Crippen LogP contribution >= 0.6 is 0 Å². The van der Waals surface area contributed by atoms with Gasteiger partial charge in [-0.25, -0.2) is 4.79 Å². The van der Waals surface area contributed by atoms with Gasteiger partial charge >= 0.3 is 5.97 Å². The molecule has 19 heavy (non-hydrogen) atoms. The quantitative estimate of drug-likeness (QED) is 0.859. The second kappa shape index (κ2) is 5.26. The number of ether oxygens (including phenoxy) is 1. The number of H-pyrrole nitrogens is 1. The Morgan fingerprint density at radius 1 is 1.21 bits per heavy atom. The molecule has 0 aliphatic heterocycles. The maximum Gasteiger partial charge on any atom is 0.359 e. The lowest BCUT2D eigenvalue weighted by Gasteiger charge is -2.10. The molecule has 1 aliphatic rings. The topological polar surface area (TPSA) is 55.0 Å². The van der Waals surface area contributed by atoms with Gasteiger partial charge < -0.3 is 4.74 Å². The van der Waals surface area contributed by atoms with Gasteiger partial charge in [-0.1, -0.05) is 30.3 Å². The van der Waals surface area contributed by atoms with Crippen LogP contribution in [0.5, 0.6) is 0 Å². The van der Waals surface area contributed by atoms with E-state index in [-0.39, 0.29) is 5.97 Å². The van der Waals surface area contributed by atoms with Crippen molar-refractivity contribution in [2.45, 2.75) is 32.3 Å². The first kappa shape index (κ1) is 12.0. The van der Waals surface area contributed by atoms with E-state index in [1.807, 2.05) is 30.3 Å². The summed E-state index contributed by atoms with van der Waals surface area (Å²) in [4.78, 5) is 12.0. The Bertz CT molecular complexity index is 575. The number of rotatable bonds is 3. The summed E-state index contributed by atoms with van der Waals surface area (Å²) in [6.07, 6.45) is 4.18. The molecule has 2 aromatic rings. The highest BCUT2D eigenvalue weighted by Crippen LogP contribution is 2.22. The fourth-order valence-corrected chi connectivity index (χ4v) is 2.44. The lowest BCUT2D eigenvalue weighted by molar-refractivity contribution is 0.0464. The van der Waals surface area contributed by atoms with Crippen molar-refractivity contribution in [1.82, 2.24) is 10.2 Å². The minimum atomic E-state index is -0.330. The van der Waals surface area contributed by atoms with Crippen LogP contribution in [0.4, 0.5) is 0 Å². The Labute approximate surface area is 111 Å². The lowest BCUT2D eigenvalue weighted by atomic mass is 9.96. The third-order valence-corrected chi connectivity index (χ3v) is 3.46. The number of aromatic amines is 1. The highest BCUT2D eigenvalue weighted by atomic mass is 16.5. The monoisotopic (exact) mass is 256 g/mol. The molecule has 0 unspecified atom stereocenters. The van der Waals surface area contributed by atoms with E-state index < -0.39 is 0 Å². The van der Waals surface area contributed by atoms with E-state index in [2.05, 4.69) is 10.2 Å². The predicted molar refractivity (Wildman–Crippen MR) is 70.8 cm³/mol. The number of hydrogen-bond donors (Lipinski definition) is 1. The van der Waals surface area contributed by atoms with Gasteiger partial charge in [0.15, 0.2) is 5.69 Å². The molecule has 1 aromatic heterocycles. The van der Waals surface area contributed by atoms with E-state index in [4.69, 9.17) is 4.74 Å². The molecule has 0 atom stereocenters. The van der Waals surface area contributed by atoms with Gasteiger partial charge in [0, 0.05) is 11.3 Å².